The molecular weight excluding hydrogens is 411 g/mol. The zero-order valence-corrected chi connectivity index (χ0v) is 17.5. The van der Waals surface area contributed by atoms with Crippen molar-refractivity contribution in [1.29, 1.82) is 0 Å². The van der Waals surface area contributed by atoms with Gasteiger partial charge in [-0.25, -0.2) is 4.39 Å². The molecule has 9 heteroatoms. The summed E-state index contributed by atoms with van der Waals surface area (Å²) >= 11 is 0. The van der Waals surface area contributed by atoms with Crippen molar-refractivity contribution in [3.8, 4) is 5.69 Å². The number of fused-ring (bicyclic) bond motifs is 2. The normalized spacial score (nSPS) is 20.3. The first-order chi connectivity index (χ1) is 15.6. The van der Waals surface area contributed by atoms with Crippen molar-refractivity contribution in [2.45, 2.75) is 19.4 Å². The number of benzene rings is 2. The summed E-state index contributed by atoms with van der Waals surface area (Å²) in [7, 11) is 0. The Morgan fingerprint density at radius 2 is 1.97 bits per heavy atom. The van der Waals surface area contributed by atoms with Crippen LogP contribution in [0.2, 0.25) is 0 Å². The zero-order chi connectivity index (χ0) is 21.8. The first kappa shape index (κ1) is 19.0. The number of nitrogens with zero attached hydrogens (tertiary/aromatic N) is 6. The van der Waals surface area contributed by atoms with Crippen molar-refractivity contribution in [2.75, 3.05) is 24.5 Å². The number of piperidine rings is 1. The van der Waals surface area contributed by atoms with Crippen molar-refractivity contribution >= 4 is 23.0 Å². The molecule has 2 aliphatic rings. The van der Waals surface area contributed by atoms with Crippen LogP contribution in [0.4, 0.5) is 10.4 Å². The molecule has 2 aromatic carbocycles. The minimum Gasteiger partial charge on any atom is -0.423 e. The summed E-state index contributed by atoms with van der Waals surface area (Å²) in [5, 5.41) is 8.40. The molecule has 2 aromatic heterocycles. The summed E-state index contributed by atoms with van der Waals surface area (Å²) in [6, 6.07) is 10.7. The van der Waals surface area contributed by atoms with Crippen molar-refractivity contribution in [2.24, 2.45) is 5.92 Å². The van der Waals surface area contributed by atoms with Crippen molar-refractivity contribution in [3.63, 3.8) is 0 Å². The quantitative estimate of drug-likeness (QED) is 0.495. The molecule has 1 amide bonds. The van der Waals surface area contributed by atoms with E-state index < -0.39 is 0 Å². The molecule has 0 unspecified atom stereocenters. The average molecular weight is 432 g/mol. The number of hydrogen-bond donors (Lipinski definition) is 0. The molecule has 4 heterocycles. The smallest absolute Gasteiger partial charge is 0.298 e. The van der Waals surface area contributed by atoms with E-state index in [-0.39, 0.29) is 17.8 Å². The van der Waals surface area contributed by atoms with Gasteiger partial charge in [-0.1, -0.05) is 11.6 Å². The number of hydrogen-bond acceptors (Lipinski definition) is 6. The number of halogens is 1. The standard InChI is InChI=1S/C23H21FN6O2/c1-14-2-4-19(30-25-7-8-26-30)17(10-14)22(31)28-9-6-15-12-29(20(15)13-28)23-27-18-11-16(24)3-5-21(18)32-23/h2-5,7-8,10-11,15,20H,6,9,12-13H2,1H3/t15-,20-/m0/s1. The second-order valence-corrected chi connectivity index (χ2v) is 8.47. The fraction of sp³-hybridized carbons (Fsp3) is 0.304. The summed E-state index contributed by atoms with van der Waals surface area (Å²) in [6.45, 7) is 4.07. The highest BCUT2D eigenvalue weighted by atomic mass is 19.1. The number of rotatable bonds is 3. The Morgan fingerprint density at radius 3 is 2.81 bits per heavy atom. The first-order valence-electron chi connectivity index (χ1n) is 10.7. The second kappa shape index (κ2) is 7.15. The Kier molecular flexibility index (Phi) is 4.24. The van der Waals surface area contributed by atoms with Gasteiger partial charge in [0, 0.05) is 31.6 Å². The van der Waals surface area contributed by atoms with Crippen LogP contribution in [0.15, 0.2) is 53.2 Å². The zero-order valence-electron chi connectivity index (χ0n) is 17.5. The average Bonchev–Trinajstić information content (AvgIpc) is 3.44. The van der Waals surface area contributed by atoms with Crippen molar-refractivity contribution < 1.29 is 13.6 Å². The maximum Gasteiger partial charge on any atom is 0.298 e. The van der Waals surface area contributed by atoms with E-state index in [1.54, 1.807) is 18.5 Å². The summed E-state index contributed by atoms with van der Waals surface area (Å²) in [4.78, 5) is 23.4. The van der Waals surface area contributed by atoms with Gasteiger partial charge in [0.15, 0.2) is 5.58 Å². The van der Waals surface area contributed by atoms with Crippen LogP contribution in [0, 0.1) is 18.7 Å². The number of carbonyl (C=O) groups is 1. The fourth-order valence-electron chi connectivity index (χ4n) is 4.72. The van der Waals surface area contributed by atoms with Gasteiger partial charge in [0.1, 0.15) is 11.3 Å². The number of oxazole rings is 1. The van der Waals surface area contributed by atoms with Gasteiger partial charge in [-0.2, -0.15) is 20.0 Å². The minimum absolute atomic E-state index is 0.0362. The van der Waals surface area contributed by atoms with Crippen LogP contribution in [-0.2, 0) is 0 Å². The van der Waals surface area contributed by atoms with Crippen LogP contribution < -0.4 is 4.90 Å². The monoisotopic (exact) mass is 432 g/mol. The molecule has 8 nitrogen and oxygen atoms in total. The highest BCUT2D eigenvalue weighted by Gasteiger charge is 2.45. The van der Waals surface area contributed by atoms with E-state index in [1.165, 1.54) is 16.9 Å². The number of carbonyl (C=O) groups excluding carboxylic acids is 1. The lowest BCUT2D eigenvalue weighted by atomic mass is 9.82. The van der Waals surface area contributed by atoms with Gasteiger partial charge in [-0.3, -0.25) is 4.79 Å². The van der Waals surface area contributed by atoms with Gasteiger partial charge in [-0.15, -0.1) is 0 Å². The molecule has 0 N–H and O–H groups in total. The predicted molar refractivity (Wildman–Crippen MR) is 115 cm³/mol. The Morgan fingerprint density at radius 1 is 1.12 bits per heavy atom. The highest BCUT2D eigenvalue weighted by molar-refractivity contribution is 5.98. The highest BCUT2D eigenvalue weighted by Crippen LogP contribution is 2.38. The molecule has 2 aliphatic heterocycles. The number of anilines is 1. The molecule has 4 aromatic rings. The third-order valence-electron chi connectivity index (χ3n) is 6.44. The molecule has 0 radical (unpaired) electrons. The largest absolute Gasteiger partial charge is 0.423 e. The van der Waals surface area contributed by atoms with Gasteiger partial charge in [0.2, 0.25) is 0 Å². The second-order valence-electron chi connectivity index (χ2n) is 8.47. The van der Waals surface area contributed by atoms with E-state index in [4.69, 9.17) is 4.42 Å². The minimum atomic E-state index is -0.339. The number of aryl methyl sites for hydroxylation is 1. The van der Waals surface area contributed by atoms with Crippen LogP contribution in [0.5, 0.6) is 0 Å². The van der Waals surface area contributed by atoms with Crippen molar-refractivity contribution in [3.05, 3.63) is 65.7 Å². The maximum atomic E-state index is 13.5. The molecule has 0 saturated carbocycles. The maximum absolute atomic E-state index is 13.5. The van der Waals surface area contributed by atoms with Gasteiger partial charge in [0.05, 0.1) is 29.7 Å². The van der Waals surface area contributed by atoms with Crippen LogP contribution in [0.3, 0.4) is 0 Å². The first-order valence-corrected chi connectivity index (χ1v) is 10.7. The van der Waals surface area contributed by atoms with E-state index in [0.717, 1.165) is 18.5 Å². The summed E-state index contributed by atoms with van der Waals surface area (Å²) in [6.07, 6.45) is 4.11. The van der Waals surface area contributed by atoms with Gasteiger partial charge in [0.25, 0.3) is 11.9 Å². The fourth-order valence-corrected chi connectivity index (χ4v) is 4.72. The molecule has 32 heavy (non-hydrogen) atoms. The molecule has 6 rings (SSSR count). The molecule has 2 saturated heterocycles. The van der Waals surface area contributed by atoms with Gasteiger partial charge in [-0.05, 0) is 37.6 Å². The molecule has 2 atom stereocenters. The molecule has 0 aliphatic carbocycles. The van der Waals surface area contributed by atoms with E-state index >= 15 is 0 Å². The third-order valence-corrected chi connectivity index (χ3v) is 6.44. The molecular formula is C23H21FN6O2. The van der Waals surface area contributed by atoms with Gasteiger partial charge < -0.3 is 14.2 Å². The van der Waals surface area contributed by atoms with Crippen LogP contribution in [0.1, 0.15) is 22.3 Å². The van der Waals surface area contributed by atoms with E-state index in [1.807, 2.05) is 30.0 Å². The molecule has 2 fully saturated rings. The molecule has 0 spiro atoms. The Hall–Kier alpha value is -3.75. The number of aromatic nitrogens is 4. The topological polar surface area (TPSA) is 80.3 Å². The van der Waals surface area contributed by atoms with E-state index in [9.17, 15) is 9.18 Å². The van der Waals surface area contributed by atoms with E-state index in [0.29, 0.717) is 47.4 Å². The van der Waals surface area contributed by atoms with Crippen LogP contribution in [0.25, 0.3) is 16.8 Å². The Balaban J connectivity index is 1.26. The number of likely N-dealkylation sites (tertiary alicyclic amines) is 1. The third kappa shape index (κ3) is 3.04. The van der Waals surface area contributed by atoms with Crippen molar-refractivity contribution in [1.82, 2.24) is 24.9 Å². The van der Waals surface area contributed by atoms with Crippen LogP contribution in [-0.4, -0.2) is 56.5 Å². The molecule has 0 bridgehead atoms. The number of amides is 1. The summed E-state index contributed by atoms with van der Waals surface area (Å²) in [5.41, 5.74) is 3.32. The lowest BCUT2D eigenvalue weighted by Crippen LogP contribution is -2.65. The molecule has 162 valence electrons. The lowest BCUT2D eigenvalue weighted by Gasteiger charge is -2.52. The van der Waals surface area contributed by atoms with Gasteiger partial charge >= 0.3 is 0 Å². The summed E-state index contributed by atoms with van der Waals surface area (Å²) < 4.78 is 19.4. The summed E-state index contributed by atoms with van der Waals surface area (Å²) in [5.74, 6) is 0.107. The van der Waals surface area contributed by atoms with Crippen LogP contribution >= 0.6 is 0 Å². The Labute approximate surface area is 183 Å². The van der Waals surface area contributed by atoms with E-state index in [2.05, 4.69) is 20.1 Å². The lowest BCUT2D eigenvalue weighted by molar-refractivity contribution is 0.0583. The Bertz CT molecular complexity index is 1320. The SMILES string of the molecule is Cc1ccc(-n2nccn2)c(C(=O)N2CC[C@H]3CN(c4nc5cc(F)ccc5o4)[C@H]3C2)c1. The predicted octanol–water partition coefficient (Wildman–Crippen LogP) is 3.21.